The number of benzene rings is 1. The molecule has 2 N–H and O–H groups in total. The van der Waals surface area contributed by atoms with Gasteiger partial charge in [0.1, 0.15) is 5.75 Å². The molecule has 17 heavy (non-hydrogen) atoms. The lowest BCUT2D eigenvalue weighted by Crippen LogP contribution is -2.12. The van der Waals surface area contributed by atoms with E-state index in [0.717, 1.165) is 6.07 Å². The number of phenolic OH excluding ortho intramolecular Hbond substituents is 1. The van der Waals surface area contributed by atoms with Gasteiger partial charge in [-0.2, -0.15) is 4.39 Å². The molecule has 1 atom stereocenters. The maximum Gasteiger partial charge on any atom is 0.306 e. The highest BCUT2D eigenvalue weighted by Gasteiger charge is 2.21. The number of aromatic hydroxyl groups is 1. The molecular weight excluding hydrogens is 233 g/mol. The summed E-state index contributed by atoms with van der Waals surface area (Å²) in [6.45, 7) is 1.39. The number of hydrogen-bond acceptors (Lipinski definition) is 4. The second kappa shape index (κ2) is 4.77. The van der Waals surface area contributed by atoms with Crippen LogP contribution in [-0.4, -0.2) is 21.1 Å². The molecule has 0 fully saturated rings. The first-order valence-corrected chi connectivity index (χ1v) is 4.71. The van der Waals surface area contributed by atoms with Crippen molar-refractivity contribution in [2.45, 2.75) is 13.3 Å². The van der Waals surface area contributed by atoms with Gasteiger partial charge >= 0.3 is 11.7 Å². The van der Waals surface area contributed by atoms with Crippen LogP contribution in [-0.2, 0) is 11.2 Å². The quantitative estimate of drug-likeness (QED) is 0.619. The topological polar surface area (TPSA) is 101 Å². The van der Waals surface area contributed by atoms with Gasteiger partial charge in [-0.1, -0.05) is 6.92 Å². The summed E-state index contributed by atoms with van der Waals surface area (Å²) in [6, 6.07) is 1.46. The first-order valence-electron chi connectivity index (χ1n) is 4.71. The van der Waals surface area contributed by atoms with Gasteiger partial charge < -0.3 is 10.2 Å². The van der Waals surface area contributed by atoms with Crippen molar-refractivity contribution in [3.05, 3.63) is 33.6 Å². The van der Waals surface area contributed by atoms with Crippen molar-refractivity contribution in [3.63, 3.8) is 0 Å². The zero-order chi connectivity index (χ0) is 13.2. The Kier molecular flexibility index (Phi) is 3.62. The molecular formula is C10H10FNO5. The Morgan fingerprint density at radius 2 is 2.18 bits per heavy atom. The molecule has 0 heterocycles. The summed E-state index contributed by atoms with van der Waals surface area (Å²) in [5.41, 5.74) is -0.747. The molecule has 0 radical (unpaired) electrons. The molecule has 7 heteroatoms. The van der Waals surface area contributed by atoms with E-state index in [4.69, 9.17) is 5.11 Å². The van der Waals surface area contributed by atoms with E-state index in [1.807, 2.05) is 0 Å². The lowest BCUT2D eigenvalue weighted by Gasteiger charge is -2.08. The van der Waals surface area contributed by atoms with E-state index in [1.54, 1.807) is 0 Å². The van der Waals surface area contributed by atoms with Crippen LogP contribution in [0.3, 0.4) is 0 Å². The van der Waals surface area contributed by atoms with Gasteiger partial charge in [0.15, 0.2) is 0 Å². The molecule has 0 saturated carbocycles. The van der Waals surface area contributed by atoms with Crippen LogP contribution in [0.4, 0.5) is 10.1 Å². The molecule has 0 aliphatic heterocycles. The standard InChI is InChI=1S/C10H10FNO5/c1-5(10(14)15)2-6-3-8(12(16)17)7(11)4-9(6)13/h3-5,13H,2H2,1H3,(H,14,15). The number of nitro groups is 1. The molecule has 1 aromatic carbocycles. The van der Waals surface area contributed by atoms with Crippen LogP contribution in [0.2, 0.25) is 0 Å². The lowest BCUT2D eigenvalue weighted by atomic mass is 10.00. The van der Waals surface area contributed by atoms with E-state index in [-0.39, 0.29) is 12.0 Å². The molecule has 0 spiro atoms. The Balaban J connectivity index is 3.12. The number of carboxylic acid groups (broad SMARTS) is 1. The van der Waals surface area contributed by atoms with Crippen molar-refractivity contribution in [2.75, 3.05) is 0 Å². The van der Waals surface area contributed by atoms with E-state index in [9.17, 15) is 24.4 Å². The summed E-state index contributed by atoms with van der Waals surface area (Å²) < 4.78 is 13.1. The molecule has 0 saturated heterocycles. The number of rotatable bonds is 4. The van der Waals surface area contributed by atoms with Crippen molar-refractivity contribution in [2.24, 2.45) is 5.92 Å². The number of halogens is 1. The predicted molar refractivity (Wildman–Crippen MR) is 55.2 cm³/mol. The summed E-state index contributed by atoms with van der Waals surface area (Å²) in [7, 11) is 0. The third kappa shape index (κ3) is 2.90. The molecule has 92 valence electrons. The van der Waals surface area contributed by atoms with Crippen LogP contribution in [0, 0.1) is 21.8 Å². The van der Waals surface area contributed by atoms with Crippen molar-refractivity contribution in [1.29, 1.82) is 0 Å². The highest BCUT2D eigenvalue weighted by atomic mass is 19.1. The van der Waals surface area contributed by atoms with E-state index in [1.165, 1.54) is 6.92 Å². The number of aliphatic carboxylic acids is 1. The van der Waals surface area contributed by atoms with Crippen LogP contribution >= 0.6 is 0 Å². The Labute approximate surface area is 95.5 Å². The second-order valence-corrected chi connectivity index (χ2v) is 3.63. The van der Waals surface area contributed by atoms with E-state index in [2.05, 4.69) is 0 Å². The Hall–Kier alpha value is -2.18. The number of hydrogen-bond donors (Lipinski definition) is 2. The average molecular weight is 243 g/mol. The van der Waals surface area contributed by atoms with Crippen LogP contribution in [0.15, 0.2) is 12.1 Å². The third-order valence-corrected chi connectivity index (χ3v) is 2.29. The number of nitrogens with zero attached hydrogens (tertiary/aromatic N) is 1. The van der Waals surface area contributed by atoms with E-state index < -0.39 is 34.1 Å². The molecule has 1 unspecified atom stereocenters. The normalized spacial score (nSPS) is 12.1. The van der Waals surface area contributed by atoms with Gasteiger partial charge in [-0.25, -0.2) is 0 Å². The molecule has 0 aliphatic carbocycles. The lowest BCUT2D eigenvalue weighted by molar-refractivity contribution is -0.387. The van der Waals surface area contributed by atoms with Gasteiger partial charge in [-0.3, -0.25) is 14.9 Å². The summed E-state index contributed by atoms with van der Waals surface area (Å²) in [5, 5.41) is 28.5. The molecule has 0 bridgehead atoms. The highest BCUT2D eigenvalue weighted by molar-refractivity contribution is 5.70. The maximum atomic E-state index is 13.1. The fraction of sp³-hybridized carbons (Fsp3) is 0.300. The van der Waals surface area contributed by atoms with E-state index in [0.29, 0.717) is 6.07 Å². The minimum atomic E-state index is -1.15. The van der Waals surface area contributed by atoms with Crippen molar-refractivity contribution in [1.82, 2.24) is 0 Å². The highest BCUT2D eigenvalue weighted by Crippen LogP contribution is 2.28. The zero-order valence-electron chi connectivity index (χ0n) is 8.88. The fourth-order valence-electron chi connectivity index (χ4n) is 1.32. The van der Waals surface area contributed by atoms with Gasteiger partial charge in [0.2, 0.25) is 5.82 Å². The zero-order valence-corrected chi connectivity index (χ0v) is 8.88. The first kappa shape index (κ1) is 12.9. The van der Waals surface area contributed by atoms with Crippen molar-refractivity contribution in [3.8, 4) is 5.75 Å². The minimum absolute atomic E-state index is 0.0352. The fourth-order valence-corrected chi connectivity index (χ4v) is 1.32. The van der Waals surface area contributed by atoms with Gasteiger partial charge in [0.05, 0.1) is 10.8 Å². The summed E-state index contributed by atoms with van der Waals surface area (Å²) in [4.78, 5) is 20.2. The van der Waals surface area contributed by atoms with Crippen LogP contribution < -0.4 is 0 Å². The summed E-state index contributed by atoms with van der Waals surface area (Å²) >= 11 is 0. The van der Waals surface area contributed by atoms with Gasteiger partial charge in [0, 0.05) is 17.7 Å². The molecule has 6 nitrogen and oxygen atoms in total. The number of phenols is 1. The summed E-state index contributed by atoms with van der Waals surface area (Å²) in [6.07, 6.45) is -0.109. The number of nitro benzene ring substituents is 1. The van der Waals surface area contributed by atoms with E-state index >= 15 is 0 Å². The minimum Gasteiger partial charge on any atom is -0.508 e. The molecule has 1 rings (SSSR count). The van der Waals surface area contributed by atoms with Crippen molar-refractivity contribution >= 4 is 11.7 Å². The van der Waals surface area contributed by atoms with Crippen LogP contribution in [0.25, 0.3) is 0 Å². The van der Waals surface area contributed by atoms with Crippen LogP contribution in [0.1, 0.15) is 12.5 Å². The molecule has 0 aliphatic rings. The molecule has 1 aromatic rings. The molecule has 0 amide bonds. The Bertz CT molecular complexity index is 474. The van der Waals surface area contributed by atoms with Gasteiger partial charge in [-0.15, -0.1) is 0 Å². The number of carbonyl (C=O) groups is 1. The Morgan fingerprint density at radius 3 is 2.65 bits per heavy atom. The molecule has 0 aromatic heterocycles. The summed E-state index contributed by atoms with van der Waals surface area (Å²) in [5.74, 6) is -3.57. The maximum absolute atomic E-state index is 13.1. The SMILES string of the molecule is CC(Cc1cc([N+](=O)[O-])c(F)cc1O)C(=O)O. The third-order valence-electron chi connectivity index (χ3n) is 2.29. The largest absolute Gasteiger partial charge is 0.508 e. The van der Waals surface area contributed by atoms with Crippen LogP contribution in [0.5, 0.6) is 5.75 Å². The van der Waals surface area contributed by atoms with Crippen molar-refractivity contribution < 1.29 is 24.3 Å². The predicted octanol–water partition coefficient (Wildman–Crippen LogP) is 1.70. The monoisotopic (exact) mass is 243 g/mol. The first-order chi connectivity index (χ1) is 7.82. The average Bonchev–Trinajstić information content (AvgIpc) is 2.21. The van der Waals surface area contributed by atoms with Gasteiger partial charge in [0.25, 0.3) is 0 Å². The smallest absolute Gasteiger partial charge is 0.306 e. The number of carboxylic acids is 1. The second-order valence-electron chi connectivity index (χ2n) is 3.63. The van der Waals surface area contributed by atoms with Gasteiger partial charge in [-0.05, 0) is 6.42 Å². The Morgan fingerprint density at radius 1 is 1.59 bits per heavy atom.